The highest BCUT2D eigenvalue weighted by Crippen LogP contribution is 2.28. The number of nitrogens with one attached hydrogen (secondary N) is 1. The predicted molar refractivity (Wildman–Crippen MR) is 77.1 cm³/mol. The molecule has 0 saturated carbocycles. The Morgan fingerprint density at radius 1 is 1.26 bits per heavy atom. The lowest BCUT2D eigenvalue weighted by atomic mass is 10.1. The lowest BCUT2D eigenvalue weighted by Gasteiger charge is -2.15. The number of rotatable bonds is 6. The maximum absolute atomic E-state index is 12.1. The van der Waals surface area contributed by atoms with Gasteiger partial charge < -0.3 is 5.11 Å². The lowest BCUT2D eigenvalue weighted by Crippen LogP contribution is -2.33. The molecule has 1 aromatic rings. The smallest absolute Gasteiger partial charge is 0.243 e. The van der Waals surface area contributed by atoms with Gasteiger partial charge >= 0.3 is 0 Å². The minimum Gasteiger partial charge on any atom is -0.392 e. The highest BCUT2D eigenvalue weighted by atomic mass is 35.5. The molecule has 0 heterocycles. The molecule has 4 nitrogen and oxygen atoms in total. The van der Waals surface area contributed by atoms with Crippen molar-refractivity contribution in [3.8, 4) is 0 Å². The molecule has 0 aliphatic rings. The van der Waals surface area contributed by atoms with Crippen LogP contribution in [0, 0.1) is 5.92 Å². The number of benzene rings is 1. The molecule has 0 fully saturated rings. The number of aliphatic hydroxyl groups excluding tert-OH is 1. The van der Waals surface area contributed by atoms with E-state index in [1.54, 1.807) is 6.07 Å². The Morgan fingerprint density at radius 2 is 1.79 bits per heavy atom. The van der Waals surface area contributed by atoms with Gasteiger partial charge in [0.1, 0.15) is 4.90 Å². The summed E-state index contributed by atoms with van der Waals surface area (Å²) in [6, 6.07) is 4.47. The lowest BCUT2D eigenvalue weighted by molar-refractivity contribution is 0.152. The molecule has 1 aromatic carbocycles. The van der Waals surface area contributed by atoms with Crippen LogP contribution in [0.5, 0.6) is 0 Å². The Labute approximate surface area is 123 Å². The van der Waals surface area contributed by atoms with Gasteiger partial charge in [-0.05, 0) is 24.5 Å². The second-order valence-corrected chi connectivity index (χ2v) is 7.20. The van der Waals surface area contributed by atoms with E-state index in [9.17, 15) is 13.5 Å². The average Bonchev–Trinajstić information content (AvgIpc) is 2.25. The van der Waals surface area contributed by atoms with Crippen molar-refractivity contribution < 1.29 is 13.5 Å². The third kappa shape index (κ3) is 4.93. The first-order chi connectivity index (χ1) is 8.74. The molecule has 0 bridgehead atoms. The highest BCUT2D eigenvalue weighted by molar-refractivity contribution is 7.89. The minimum absolute atomic E-state index is 0.0540. The van der Waals surface area contributed by atoms with Crippen LogP contribution in [0.1, 0.15) is 20.3 Å². The van der Waals surface area contributed by atoms with Crippen molar-refractivity contribution >= 4 is 33.2 Å². The number of aliphatic hydroxyl groups is 1. The molecule has 7 heteroatoms. The van der Waals surface area contributed by atoms with Gasteiger partial charge in [0.15, 0.2) is 0 Å². The molecule has 1 atom stereocenters. The van der Waals surface area contributed by atoms with E-state index in [0.29, 0.717) is 6.42 Å². The van der Waals surface area contributed by atoms with Crippen LogP contribution in [0.4, 0.5) is 0 Å². The first-order valence-electron chi connectivity index (χ1n) is 5.85. The van der Waals surface area contributed by atoms with Crippen molar-refractivity contribution in [3.05, 3.63) is 28.2 Å². The zero-order chi connectivity index (χ0) is 14.6. The molecule has 0 aliphatic carbocycles. The van der Waals surface area contributed by atoms with E-state index >= 15 is 0 Å². The fourth-order valence-electron chi connectivity index (χ4n) is 1.64. The second-order valence-electron chi connectivity index (χ2n) is 4.69. The highest BCUT2D eigenvalue weighted by Gasteiger charge is 2.22. The summed E-state index contributed by atoms with van der Waals surface area (Å²) in [4.78, 5) is -0.157. The van der Waals surface area contributed by atoms with Crippen LogP contribution < -0.4 is 4.72 Å². The van der Waals surface area contributed by atoms with E-state index in [2.05, 4.69) is 4.72 Å². The van der Waals surface area contributed by atoms with E-state index in [4.69, 9.17) is 23.2 Å². The third-order valence-corrected chi connectivity index (χ3v) is 4.82. The van der Waals surface area contributed by atoms with Crippen molar-refractivity contribution in [2.45, 2.75) is 31.3 Å². The van der Waals surface area contributed by atoms with E-state index in [1.807, 2.05) is 13.8 Å². The fourth-order valence-corrected chi connectivity index (χ4v) is 3.86. The van der Waals surface area contributed by atoms with Gasteiger partial charge in [-0.25, -0.2) is 13.1 Å². The molecule has 0 aliphatic heterocycles. The normalized spacial score (nSPS) is 13.8. The first-order valence-corrected chi connectivity index (χ1v) is 8.09. The summed E-state index contributed by atoms with van der Waals surface area (Å²) < 4.78 is 26.5. The first kappa shape index (κ1) is 16.7. The van der Waals surface area contributed by atoms with Gasteiger partial charge in [-0.2, -0.15) is 0 Å². The Kier molecular flexibility index (Phi) is 6.08. The third-order valence-electron chi connectivity index (χ3n) is 2.44. The molecule has 19 heavy (non-hydrogen) atoms. The van der Waals surface area contributed by atoms with Crippen LogP contribution >= 0.6 is 23.2 Å². The zero-order valence-electron chi connectivity index (χ0n) is 10.7. The van der Waals surface area contributed by atoms with Gasteiger partial charge in [-0.3, -0.25) is 0 Å². The van der Waals surface area contributed by atoms with Crippen molar-refractivity contribution in [1.82, 2.24) is 4.72 Å². The van der Waals surface area contributed by atoms with E-state index in [-0.39, 0.29) is 27.4 Å². The summed E-state index contributed by atoms with van der Waals surface area (Å²) in [5.74, 6) is 0.281. The number of hydrogen-bond acceptors (Lipinski definition) is 3. The SMILES string of the molecule is CC(C)CC(O)CNS(=O)(=O)c1c(Cl)cccc1Cl. The summed E-state index contributed by atoms with van der Waals surface area (Å²) in [6.07, 6.45) is -0.227. The maximum Gasteiger partial charge on any atom is 0.243 e. The van der Waals surface area contributed by atoms with E-state index in [0.717, 1.165) is 0 Å². The molecule has 1 rings (SSSR count). The molecular formula is C12H17Cl2NO3S. The van der Waals surface area contributed by atoms with Gasteiger partial charge in [-0.1, -0.05) is 43.1 Å². The van der Waals surface area contributed by atoms with Crippen molar-refractivity contribution in [3.63, 3.8) is 0 Å². The maximum atomic E-state index is 12.1. The molecule has 1 unspecified atom stereocenters. The Bertz CT molecular complexity index is 512. The zero-order valence-corrected chi connectivity index (χ0v) is 13.1. The monoisotopic (exact) mass is 325 g/mol. The van der Waals surface area contributed by atoms with Crippen LogP contribution in [0.3, 0.4) is 0 Å². The molecular weight excluding hydrogens is 309 g/mol. The summed E-state index contributed by atoms with van der Waals surface area (Å²) in [5.41, 5.74) is 0. The largest absolute Gasteiger partial charge is 0.392 e. The van der Waals surface area contributed by atoms with Crippen LogP contribution in [0.25, 0.3) is 0 Å². The van der Waals surface area contributed by atoms with E-state index in [1.165, 1.54) is 12.1 Å². The summed E-state index contributed by atoms with van der Waals surface area (Å²) in [7, 11) is -3.83. The molecule has 0 radical (unpaired) electrons. The Hall–Kier alpha value is -0.330. The van der Waals surface area contributed by atoms with Crippen molar-refractivity contribution in [1.29, 1.82) is 0 Å². The van der Waals surface area contributed by atoms with Crippen molar-refractivity contribution in [2.75, 3.05) is 6.54 Å². The van der Waals surface area contributed by atoms with Gasteiger partial charge in [-0.15, -0.1) is 0 Å². The number of halogens is 2. The molecule has 0 saturated heterocycles. The summed E-state index contributed by atoms with van der Waals surface area (Å²) >= 11 is 11.7. The van der Waals surface area contributed by atoms with Crippen LogP contribution in [-0.4, -0.2) is 26.2 Å². The number of hydrogen-bond donors (Lipinski definition) is 2. The Balaban J connectivity index is 2.82. The summed E-state index contributed by atoms with van der Waals surface area (Å²) in [5, 5.41) is 9.78. The average molecular weight is 326 g/mol. The molecule has 2 N–H and O–H groups in total. The van der Waals surface area contributed by atoms with Gasteiger partial charge in [0.05, 0.1) is 16.1 Å². The molecule has 0 amide bonds. The topological polar surface area (TPSA) is 66.4 Å². The van der Waals surface area contributed by atoms with Gasteiger partial charge in [0, 0.05) is 6.54 Å². The fraction of sp³-hybridized carbons (Fsp3) is 0.500. The Morgan fingerprint density at radius 3 is 2.26 bits per heavy atom. The molecule has 0 aromatic heterocycles. The number of sulfonamides is 1. The second kappa shape index (κ2) is 6.90. The standard InChI is InChI=1S/C12H17Cl2NO3S/c1-8(2)6-9(16)7-15-19(17,18)12-10(13)4-3-5-11(12)14/h3-5,8-9,15-16H,6-7H2,1-2H3. The predicted octanol–water partition coefficient (Wildman–Crippen LogP) is 2.68. The summed E-state index contributed by atoms with van der Waals surface area (Å²) in [6.45, 7) is 3.83. The van der Waals surface area contributed by atoms with Gasteiger partial charge in [0.25, 0.3) is 0 Å². The quantitative estimate of drug-likeness (QED) is 0.845. The van der Waals surface area contributed by atoms with Crippen LogP contribution in [-0.2, 0) is 10.0 Å². The van der Waals surface area contributed by atoms with Crippen molar-refractivity contribution in [2.24, 2.45) is 5.92 Å². The molecule has 0 spiro atoms. The van der Waals surface area contributed by atoms with Crippen LogP contribution in [0.15, 0.2) is 23.1 Å². The molecule has 108 valence electrons. The van der Waals surface area contributed by atoms with E-state index < -0.39 is 16.1 Å². The van der Waals surface area contributed by atoms with Crippen LogP contribution in [0.2, 0.25) is 10.0 Å². The van der Waals surface area contributed by atoms with Gasteiger partial charge in [0.2, 0.25) is 10.0 Å². The minimum atomic E-state index is -3.83.